The minimum Gasteiger partial charge on any atom is -0.370 e. The molecule has 106 valence electrons. The second kappa shape index (κ2) is 6.70. The molecule has 1 amide bonds. The number of aromatic nitrogens is 3. The van der Waals surface area contributed by atoms with E-state index in [2.05, 4.69) is 32.7 Å². The van der Waals surface area contributed by atoms with E-state index in [0.717, 1.165) is 24.3 Å². The summed E-state index contributed by atoms with van der Waals surface area (Å²) in [6, 6.07) is 5.26. The Morgan fingerprint density at radius 1 is 1.45 bits per heavy atom. The van der Waals surface area contributed by atoms with Crippen molar-refractivity contribution in [1.29, 1.82) is 0 Å². The van der Waals surface area contributed by atoms with Gasteiger partial charge in [-0.3, -0.25) is 9.89 Å². The van der Waals surface area contributed by atoms with Crippen molar-refractivity contribution in [3.63, 3.8) is 0 Å². The van der Waals surface area contributed by atoms with Crippen molar-refractivity contribution in [2.75, 3.05) is 11.9 Å². The fourth-order valence-corrected chi connectivity index (χ4v) is 1.76. The molecule has 1 atom stereocenters. The maximum absolute atomic E-state index is 12.1. The number of pyridine rings is 1. The first kappa shape index (κ1) is 14.0. The van der Waals surface area contributed by atoms with Crippen LogP contribution in [-0.4, -0.2) is 27.6 Å². The topological polar surface area (TPSA) is 82.7 Å². The van der Waals surface area contributed by atoms with Gasteiger partial charge in [-0.25, -0.2) is 4.98 Å². The molecule has 0 aliphatic carbocycles. The fourth-order valence-electron chi connectivity index (χ4n) is 1.76. The molecular formula is C14H19N5O. The lowest BCUT2D eigenvalue weighted by atomic mass is 10.2. The van der Waals surface area contributed by atoms with Crippen LogP contribution in [0.3, 0.4) is 0 Å². The fraction of sp³-hybridized carbons (Fsp3) is 0.357. The third-order valence-electron chi connectivity index (χ3n) is 2.90. The number of carbonyl (C=O) groups excluding carboxylic acids is 1. The number of hydrogen-bond donors (Lipinski definition) is 3. The molecule has 0 aromatic carbocycles. The monoisotopic (exact) mass is 273 g/mol. The second-order valence-electron chi connectivity index (χ2n) is 4.56. The molecule has 6 nitrogen and oxygen atoms in total. The number of nitrogens with zero attached hydrogens (tertiary/aromatic N) is 2. The highest BCUT2D eigenvalue weighted by atomic mass is 16.1. The molecule has 1 unspecified atom stereocenters. The molecule has 2 aromatic rings. The summed E-state index contributed by atoms with van der Waals surface area (Å²) < 4.78 is 0. The molecule has 2 heterocycles. The maximum Gasteiger partial charge on any atom is 0.270 e. The Labute approximate surface area is 118 Å². The molecular weight excluding hydrogens is 254 g/mol. The van der Waals surface area contributed by atoms with Crippen LogP contribution in [0.2, 0.25) is 0 Å². The van der Waals surface area contributed by atoms with Crippen molar-refractivity contribution in [2.45, 2.75) is 26.3 Å². The van der Waals surface area contributed by atoms with Gasteiger partial charge in [0, 0.05) is 18.3 Å². The molecule has 0 saturated heterocycles. The molecule has 0 aliphatic heterocycles. The molecule has 0 aliphatic rings. The van der Waals surface area contributed by atoms with Crippen LogP contribution in [0.1, 0.15) is 42.4 Å². The van der Waals surface area contributed by atoms with E-state index in [0.29, 0.717) is 5.69 Å². The zero-order chi connectivity index (χ0) is 14.4. The van der Waals surface area contributed by atoms with Gasteiger partial charge in [0.1, 0.15) is 11.5 Å². The Hall–Kier alpha value is -2.37. The van der Waals surface area contributed by atoms with Gasteiger partial charge in [0.15, 0.2) is 0 Å². The smallest absolute Gasteiger partial charge is 0.270 e. The van der Waals surface area contributed by atoms with Crippen LogP contribution in [-0.2, 0) is 0 Å². The van der Waals surface area contributed by atoms with Crippen molar-refractivity contribution >= 4 is 11.7 Å². The zero-order valence-electron chi connectivity index (χ0n) is 11.7. The van der Waals surface area contributed by atoms with Gasteiger partial charge in [0.25, 0.3) is 5.91 Å². The van der Waals surface area contributed by atoms with Crippen LogP contribution in [0.15, 0.2) is 30.6 Å². The van der Waals surface area contributed by atoms with Gasteiger partial charge in [-0.1, -0.05) is 13.0 Å². The van der Waals surface area contributed by atoms with Gasteiger partial charge >= 0.3 is 0 Å². The summed E-state index contributed by atoms with van der Waals surface area (Å²) in [5, 5.41) is 12.7. The van der Waals surface area contributed by atoms with Crippen LogP contribution in [0.5, 0.6) is 0 Å². The van der Waals surface area contributed by atoms with E-state index in [-0.39, 0.29) is 11.9 Å². The van der Waals surface area contributed by atoms with Gasteiger partial charge < -0.3 is 10.6 Å². The molecule has 0 bridgehead atoms. The van der Waals surface area contributed by atoms with Crippen LogP contribution < -0.4 is 10.6 Å². The number of amides is 1. The molecule has 2 aromatic heterocycles. The maximum atomic E-state index is 12.1. The predicted octanol–water partition coefficient (Wildman–Crippen LogP) is 2.12. The molecule has 0 radical (unpaired) electrons. The van der Waals surface area contributed by atoms with Gasteiger partial charge in [-0.05, 0) is 25.5 Å². The molecule has 20 heavy (non-hydrogen) atoms. The summed E-state index contributed by atoms with van der Waals surface area (Å²) in [5.74, 6) is 0.523. The minimum atomic E-state index is -0.196. The average molecular weight is 273 g/mol. The average Bonchev–Trinajstić information content (AvgIpc) is 2.99. The molecule has 3 N–H and O–H groups in total. The third kappa shape index (κ3) is 3.57. The summed E-state index contributed by atoms with van der Waals surface area (Å²) in [7, 11) is 0. The Balaban J connectivity index is 2.01. The van der Waals surface area contributed by atoms with Crippen molar-refractivity contribution < 1.29 is 4.79 Å². The summed E-state index contributed by atoms with van der Waals surface area (Å²) in [5.41, 5.74) is 1.33. The van der Waals surface area contributed by atoms with E-state index in [1.165, 1.54) is 0 Å². The zero-order valence-corrected chi connectivity index (χ0v) is 11.7. The van der Waals surface area contributed by atoms with Crippen molar-refractivity contribution in [3.05, 3.63) is 41.9 Å². The summed E-state index contributed by atoms with van der Waals surface area (Å²) in [4.78, 5) is 16.4. The minimum absolute atomic E-state index is 0.115. The molecule has 0 spiro atoms. The normalized spacial score (nSPS) is 11.9. The van der Waals surface area contributed by atoms with E-state index >= 15 is 0 Å². The number of hydrogen-bond acceptors (Lipinski definition) is 4. The predicted molar refractivity (Wildman–Crippen MR) is 77.5 cm³/mol. The van der Waals surface area contributed by atoms with Crippen molar-refractivity contribution in [2.24, 2.45) is 0 Å². The number of carbonyl (C=O) groups is 1. The highest BCUT2D eigenvalue weighted by Crippen LogP contribution is 2.11. The first-order valence-electron chi connectivity index (χ1n) is 6.71. The number of H-pyrrole nitrogens is 1. The standard InChI is InChI=1S/C14H19N5O/c1-3-7-15-13-6-4-5-12(19-13)14(20)18-10(2)11-8-16-17-9-11/h4-6,8-10H,3,7H2,1-2H3,(H,15,19)(H,16,17)(H,18,20). The lowest BCUT2D eigenvalue weighted by Crippen LogP contribution is -2.27. The third-order valence-corrected chi connectivity index (χ3v) is 2.90. The van der Waals surface area contributed by atoms with E-state index < -0.39 is 0 Å². The van der Waals surface area contributed by atoms with Gasteiger partial charge in [0.05, 0.1) is 12.2 Å². The lowest BCUT2D eigenvalue weighted by molar-refractivity contribution is 0.0935. The Morgan fingerprint density at radius 2 is 2.30 bits per heavy atom. The highest BCUT2D eigenvalue weighted by Gasteiger charge is 2.13. The van der Waals surface area contributed by atoms with Crippen LogP contribution in [0, 0.1) is 0 Å². The van der Waals surface area contributed by atoms with E-state index in [9.17, 15) is 4.79 Å². The van der Waals surface area contributed by atoms with Crippen LogP contribution in [0.25, 0.3) is 0 Å². The Morgan fingerprint density at radius 3 is 3.00 bits per heavy atom. The van der Waals surface area contributed by atoms with Gasteiger partial charge in [-0.15, -0.1) is 0 Å². The van der Waals surface area contributed by atoms with Gasteiger partial charge in [0.2, 0.25) is 0 Å². The molecule has 2 rings (SSSR count). The Kier molecular flexibility index (Phi) is 4.70. The van der Waals surface area contributed by atoms with E-state index in [4.69, 9.17) is 0 Å². The Bertz CT molecular complexity index is 552. The lowest BCUT2D eigenvalue weighted by Gasteiger charge is -2.12. The van der Waals surface area contributed by atoms with Crippen LogP contribution >= 0.6 is 0 Å². The second-order valence-corrected chi connectivity index (χ2v) is 4.56. The SMILES string of the molecule is CCCNc1cccc(C(=O)NC(C)c2cn[nH]c2)n1. The number of aromatic amines is 1. The summed E-state index contributed by atoms with van der Waals surface area (Å²) in [6.07, 6.45) is 4.46. The molecule has 0 fully saturated rings. The van der Waals surface area contributed by atoms with Crippen molar-refractivity contribution in [3.8, 4) is 0 Å². The summed E-state index contributed by atoms with van der Waals surface area (Å²) in [6.45, 7) is 4.82. The molecule has 6 heteroatoms. The van der Waals surface area contributed by atoms with E-state index in [1.54, 1.807) is 18.5 Å². The van der Waals surface area contributed by atoms with Crippen LogP contribution in [0.4, 0.5) is 5.82 Å². The molecule has 0 saturated carbocycles. The highest BCUT2D eigenvalue weighted by molar-refractivity contribution is 5.92. The number of nitrogens with one attached hydrogen (secondary N) is 3. The first-order valence-corrected chi connectivity index (χ1v) is 6.71. The quantitative estimate of drug-likeness (QED) is 0.753. The number of rotatable bonds is 6. The van der Waals surface area contributed by atoms with E-state index in [1.807, 2.05) is 19.1 Å². The largest absolute Gasteiger partial charge is 0.370 e. The summed E-state index contributed by atoms with van der Waals surface area (Å²) >= 11 is 0. The van der Waals surface area contributed by atoms with Crippen molar-refractivity contribution in [1.82, 2.24) is 20.5 Å². The first-order chi connectivity index (χ1) is 9.70. The van der Waals surface area contributed by atoms with Gasteiger partial charge in [-0.2, -0.15) is 5.10 Å². The number of anilines is 1.